The van der Waals surface area contributed by atoms with Crippen LogP contribution in [0.5, 0.6) is 0 Å². The standard InChI is InChI=1S/C29H43N5O14/c1-5-17-25(48-26-22(46-14-31-2)29(42,43)21(37)19(12-36)47-26)45-13-18(24(40)44-4)28(17,41)7-6-15-10-34(8-9-35)11-16(23(38)39)20(15)33-27(30)32-3/h5-7,10,13,17,19,21-22,25-26,31,35-37,41-43H,1,8-9,11-12,14H2,2-4H3,(H,38,39)(H3,30,32,33)/p+1/b7-6+/t17-,19+,21+,22-,25-,26-,28+/m0/s1. The van der Waals surface area contributed by atoms with Crippen LogP contribution in [-0.2, 0) is 33.3 Å². The number of nitrogens with one attached hydrogen (secondary N) is 3. The summed E-state index contributed by atoms with van der Waals surface area (Å²) in [6.07, 6.45) is -2.63. The minimum absolute atomic E-state index is 0.0294. The van der Waals surface area contributed by atoms with Crippen LogP contribution in [0.25, 0.3) is 0 Å². The SMILES string of the molecule is C=C[C@H]1[C@H](O[C@@H]2O[C@H](CO)[C@@H](O)C(O)(O)[C@H]2OCNC)OC=C(C(=O)OC)[C@@]1(O)/C=C/C1=C[NH+](CCO)CC(C(=O)O)=C1NC(N)=NC. The summed E-state index contributed by atoms with van der Waals surface area (Å²) in [5.41, 5.74) is 3.17. The van der Waals surface area contributed by atoms with Crippen molar-refractivity contribution >= 4 is 17.9 Å². The molecule has 19 heteroatoms. The smallest absolute Gasteiger partial charge is 0.340 e. The zero-order valence-electron chi connectivity index (χ0n) is 26.6. The Morgan fingerprint density at radius 1 is 1.27 bits per heavy atom. The van der Waals surface area contributed by atoms with E-state index < -0.39 is 72.3 Å². The molecule has 1 saturated heterocycles. The van der Waals surface area contributed by atoms with E-state index in [1.807, 2.05) is 0 Å². The molecule has 1 fully saturated rings. The highest BCUT2D eigenvalue weighted by atomic mass is 16.8. The van der Waals surface area contributed by atoms with Gasteiger partial charge in [0.25, 0.3) is 0 Å². The van der Waals surface area contributed by atoms with Crippen molar-refractivity contribution in [1.82, 2.24) is 10.6 Å². The number of nitrogens with zero attached hydrogens (tertiary/aromatic N) is 1. The number of aliphatic carboxylic acids is 1. The Balaban J connectivity index is 2.11. The van der Waals surface area contributed by atoms with Crippen molar-refractivity contribution in [3.8, 4) is 0 Å². The molecule has 3 heterocycles. The fourth-order valence-corrected chi connectivity index (χ4v) is 5.34. The molecule has 0 spiro atoms. The van der Waals surface area contributed by atoms with Crippen molar-refractivity contribution in [2.24, 2.45) is 16.6 Å². The van der Waals surface area contributed by atoms with Crippen molar-refractivity contribution in [2.75, 3.05) is 54.2 Å². The Bertz CT molecular complexity index is 1350. The summed E-state index contributed by atoms with van der Waals surface area (Å²) in [5, 5.41) is 78.7. The topological polar surface area (TPSA) is 289 Å². The molecule has 0 amide bonds. The van der Waals surface area contributed by atoms with Gasteiger partial charge in [-0.2, -0.15) is 0 Å². The number of allylic oxidation sites excluding steroid dienone is 1. The van der Waals surface area contributed by atoms with Crippen LogP contribution in [0, 0.1) is 5.92 Å². The van der Waals surface area contributed by atoms with Crippen molar-refractivity contribution < 1.29 is 73.9 Å². The van der Waals surface area contributed by atoms with Crippen LogP contribution in [0.2, 0.25) is 0 Å². The van der Waals surface area contributed by atoms with E-state index in [1.54, 1.807) is 6.20 Å². The maximum atomic E-state index is 12.9. The third-order valence-electron chi connectivity index (χ3n) is 7.89. The first-order valence-corrected chi connectivity index (χ1v) is 14.7. The van der Waals surface area contributed by atoms with Gasteiger partial charge in [0.1, 0.15) is 54.5 Å². The van der Waals surface area contributed by atoms with Crippen LogP contribution < -0.4 is 21.3 Å². The minimum atomic E-state index is -2.99. The normalized spacial score (nSPS) is 32.3. The van der Waals surface area contributed by atoms with Crippen LogP contribution in [0.3, 0.4) is 0 Å². The maximum Gasteiger partial charge on any atom is 0.340 e. The van der Waals surface area contributed by atoms with Gasteiger partial charge in [0.2, 0.25) is 12.1 Å². The predicted octanol–water partition coefficient (Wildman–Crippen LogP) is -5.53. The second-order valence-corrected chi connectivity index (χ2v) is 10.9. The van der Waals surface area contributed by atoms with E-state index in [0.717, 1.165) is 19.4 Å². The predicted molar refractivity (Wildman–Crippen MR) is 163 cm³/mol. The average Bonchev–Trinajstić information content (AvgIpc) is 3.05. The van der Waals surface area contributed by atoms with Crippen LogP contribution in [0.1, 0.15) is 0 Å². The van der Waals surface area contributed by atoms with E-state index in [2.05, 4.69) is 22.2 Å². The highest BCUT2D eigenvalue weighted by Gasteiger charge is 2.58. The Hall–Kier alpha value is -3.73. The average molecular weight is 687 g/mol. The number of hydrogen-bond donors (Lipinski definition) is 11. The van der Waals surface area contributed by atoms with E-state index in [9.17, 15) is 45.3 Å². The first-order chi connectivity index (χ1) is 22.7. The maximum absolute atomic E-state index is 12.9. The van der Waals surface area contributed by atoms with Crippen LogP contribution in [0.15, 0.2) is 64.7 Å². The number of guanidine groups is 1. The number of carbonyl (C=O) groups excluding carboxylic acids is 1. The molecule has 12 N–H and O–H groups in total. The Morgan fingerprint density at radius 2 is 1.98 bits per heavy atom. The molecule has 3 aliphatic heterocycles. The summed E-state index contributed by atoms with van der Waals surface area (Å²) >= 11 is 0. The van der Waals surface area contributed by atoms with Gasteiger partial charge >= 0.3 is 11.9 Å². The second-order valence-electron chi connectivity index (χ2n) is 10.9. The highest BCUT2D eigenvalue weighted by molar-refractivity contribution is 5.92. The van der Waals surface area contributed by atoms with E-state index in [4.69, 9.17) is 29.4 Å². The number of hydrogen-bond acceptors (Lipinski definition) is 15. The fourth-order valence-electron chi connectivity index (χ4n) is 5.34. The summed E-state index contributed by atoms with van der Waals surface area (Å²) in [7, 11) is 3.95. The lowest BCUT2D eigenvalue weighted by Gasteiger charge is -2.48. The number of methoxy groups -OCH3 is 1. The third-order valence-corrected chi connectivity index (χ3v) is 7.89. The van der Waals surface area contributed by atoms with Gasteiger partial charge < -0.3 is 75.4 Å². The Labute approximate surface area is 275 Å². The van der Waals surface area contributed by atoms with Crippen molar-refractivity contribution in [2.45, 2.75) is 42.3 Å². The lowest BCUT2D eigenvalue weighted by Crippen LogP contribution is -3.09. The zero-order chi connectivity index (χ0) is 35.8. The van der Waals surface area contributed by atoms with E-state index >= 15 is 0 Å². The Kier molecular flexibility index (Phi) is 13.4. The summed E-state index contributed by atoms with van der Waals surface area (Å²) in [4.78, 5) is 29.5. The molecule has 0 saturated carbocycles. The molecule has 268 valence electrons. The van der Waals surface area contributed by atoms with Crippen LogP contribution >= 0.6 is 0 Å². The van der Waals surface area contributed by atoms with Crippen molar-refractivity contribution in [3.63, 3.8) is 0 Å². The lowest BCUT2D eigenvalue weighted by atomic mass is 9.78. The molecule has 0 bridgehead atoms. The van der Waals surface area contributed by atoms with Gasteiger partial charge in [-0.05, 0) is 19.2 Å². The number of rotatable bonds is 14. The molecule has 19 nitrogen and oxygen atoms in total. The number of carboxylic acid groups (broad SMARTS) is 1. The number of aliphatic imine (C=N–C) groups is 1. The van der Waals surface area contributed by atoms with E-state index in [0.29, 0.717) is 4.90 Å². The number of ether oxygens (including phenoxy) is 5. The van der Waals surface area contributed by atoms with Crippen molar-refractivity contribution in [3.05, 3.63) is 59.7 Å². The molecule has 8 atom stereocenters. The fraction of sp³-hybridized carbons (Fsp3) is 0.552. The molecule has 0 radical (unpaired) electrons. The molecule has 3 aliphatic rings. The van der Waals surface area contributed by atoms with Gasteiger partial charge in [-0.3, -0.25) is 10.3 Å². The molecule has 1 unspecified atom stereocenters. The first kappa shape index (κ1) is 38.7. The van der Waals surface area contributed by atoms with Gasteiger partial charge in [-0.25, -0.2) is 9.59 Å². The largest absolute Gasteiger partial charge is 0.478 e. The molecular weight excluding hydrogens is 642 g/mol. The number of esters is 1. The van der Waals surface area contributed by atoms with Gasteiger partial charge in [0, 0.05) is 7.05 Å². The van der Waals surface area contributed by atoms with Gasteiger partial charge in [-0.1, -0.05) is 6.08 Å². The Morgan fingerprint density at radius 3 is 2.54 bits per heavy atom. The number of aliphatic hydroxyl groups is 6. The molecule has 0 aromatic heterocycles. The van der Waals surface area contributed by atoms with Crippen molar-refractivity contribution in [1.29, 1.82) is 0 Å². The number of quaternary nitrogens is 1. The monoisotopic (exact) mass is 686 g/mol. The van der Waals surface area contributed by atoms with Crippen LogP contribution in [0.4, 0.5) is 0 Å². The molecule has 48 heavy (non-hydrogen) atoms. The first-order valence-electron chi connectivity index (χ1n) is 14.7. The quantitative estimate of drug-likeness (QED) is 0.0267. The summed E-state index contributed by atoms with van der Waals surface area (Å²) in [6, 6.07) is 0. The van der Waals surface area contributed by atoms with E-state index in [1.165, 1.54) is 26.2 Å². The van der Waals surface area contributed by atoms with Gasteiger partial charge in [-0.15, -0.1) is 6.58 Å². The molecular formula is C29H44N5O14+. The van der Waals surface area contributed by atoms with Gasteiger partial charge in [0.15, 0.2) is 18.4 Å². The molecule has 0 aromatic carbocycles. The molecule has 3 rings (SSSR count). The minimum Gasteiger partial charge on any atom is -0.478 e. The number of nitrogens with two attached hydrogens (primary N) is 1. The zero-order valence-corrected chi connectivity index (χ0v) is 26.6. The molecule has 0 aliphatic carbocycles. The number of aliphatic hydroxyl groups excluding tert-OH is 3. The lowest BCUT2D eigenvalue weighted by molar-refractivity contribution is -0.843. The molecule has 0 aromatic rings. The number of carboxylic acids is 1. The van der Waals surface area contributed by atoms with Crippen LogP contribution in [-0.4, -0.2) is 150 Å². The van der Waals surface area contributed by atoms with Gasteiger partial charge in [0.05, 0.1) is 44.2 Å². The third kappa shape index (κ3) is 8.10. The van der Waals surface area contributed by atoms with E-state index in [-0.39, 0.29) is 49.2 Å². The highest BCUT2D eigenvalue weighted by Crippen LogP contribution is 2.40. The second kappa shape index (κ2) is 16.6. The number of carbonyl (C=O) groups is 2. The summed E-state index contributed by atoms with van der Waals surface area (Å²) in [6.45, 7) is 2.45. The summed E-state index contributed by atoms with van der Waals surface area (Å²) in [5.74, 6) is -6.81. The summed E-state index contributed by atoms with van der Waals surface area (Å²) < 4.78 is 27.5.